The molecule has 0 unspecified atom stereocenters. The highest BCUT2D eigenvalue weighted by Gasteiger charge is 2.08. The van der Waals surface area contributed by atoms with Gasteiger partial charge in [-0.3, -0.25) is 4.98 Å². The zero-order valence-electron chi connectivity index (χ0n) is 7.53. The predicted molar refractivity (Wildman–Crippen MR) is 34.7 cm³/mol. The van der Waals surface area contributed by atoms with Crippen molar-refractivity contribution in [1.82, 2.24) is 9.97 Å². The van der Waals surface area contributed by atoms with E-state index in [9.17, 15) is 8.78 Å². The van der Waals surface area contributed by atoms with E-state index in [4.69, 9.17) is 4.11 Å². The number of alkyl halides is 2. The average molecular weight is 212 g/mol. The van der Waals surface area contributed by atoms with E-state index in [1.165, 1.54) is 0 Å². The maximum Gasteiger partial charge on any atom is 0.281 e. The Balaban J connectivity index is 3.32. The van der Waals surface area contributed by atoms with Crippen molar-refractivity contribution < 1.29 is 12.9 Å². The third-order valence-corrected chi connectivity index (χ3v) is 1.05. The maximum atomic E-state index is 12.4. The van der Waals surface area contributed by atoms with Crippen LogP contribution in [-0.2, 0) is 0 Å². The molecule has 0 radical (unpaired) electrons. The van der Waals surface area contributed by atoms with Gasteiger partial charge in [-0.2, -0.15) is 0 Å². The smallest absolute Gasteiger partial charge is 0.260 e. The van der Waals surface area contributed by atoms with Crippen LogP contribution in [0.1, 0.15) is 16.2 Å². The zero-order valence-corrected chi connectivity index (χ0v) is 6.11. The van der Waals surface area contributed by atoms with Crippen molar-refractivity contribution in [2.24, 2.45) is 0 Å². The van der Waals surface area contributed by atoms with Crippen LogP contribution >= 0.6 is 15.9 Å². The standard InChI is InChI=1S/C5H3BrF2N2/c6-4-2-9-1-3(10-4)5(7)8/h1-2,5H/i1D,2D,5D. The first-order chi connectivity index (χ1) is 5.82. The van der Waals surface area contributed by atoms with Crippen LogP contribution in [0.4, 0.5) is 8.78 Å². The Labute approximate surface area is 68.6 Å². The molecule has 1 aromatic heterocycles. The Hall–Kier alpha value is -0.580. The summed E-state index contributed by atoms with van der Waals surface area (Å²) in [5.41, 5.74) is -1.06. The van der Waals surface area contributed by atoms with Gasteiger partial charge in [-0.25, -0.2) is 13.8 Å². The van der Waals surface area contributed by atoms with Gasteiger partial charge >= 0.3 is 0 Å². The molecule has 1 rings (SSSR count). The first-order valence-electron chi connectivity index (χ1n) is 3.71. The summed E-state index contributed by atoms with van der Waals surface area (Å²) in [5, 5.41) is 0. The molecule has 2 nitrogen and oxygen atoms in total. The quantitative estimate of drug-likeness (QED) is 0.712. The molecule has 54 valence electrons. The molecule has 5 heteroatoms. The van der Waals surface area contributed by atoms with Gasteiger partial charge in [-0.1, -0.05) is 0 Å². The van der Waals surface area contributed by atoms with E-state index in [1.807, 2.05) is 0 Å². The topological polar surface area (TPSA) is 25.8 Å². The van der Waals surface area contributed by atoms with Crippen molar-refractivity contribution in [2.75, 3.05) is 0 Å². The van der Waals surface area contributed by atoms with Crippen molar-refractivity contribution in [3.8, 4) is 0 Å². The van der Waals surface area contributed by atoms with Crippen LogP contribution in [0.5, 0.6) is 0 Å². The molecule has 0 aromatic carbocycles. The highest BCUT2D eigenvalue weighted by Crippen LogP contribution is 2.16. The minimum absolute atomic E-state index is 0.203. The Morgan fingerprint density at radius 1 is 1.70 bits per heavy atom. The highest BCUT2D eigenvalue weighted by atomic mass is 79.9. The number of aromatic nitrogens is 2. The normalized spacial score (nSPS) is 15.7. The fourth-order valence-electron chi connectivity index (χ4n) is 0.360. The Kier molecular flexibility index (Phi) is 1.30. The lowest BCUT2D eigenvalue weighted by atomic mass is 10.5. The first kappa shape index (κ1) is 4.33. The summed E-state index contributed by atoms with van der Waals surface area (Å²) in [6.45, 7) is 0. The summed E-state index contributed by atoms with van der Waals surface area (Å²) in [6.07, 6.45) is -5.22. The van der Waals surface area contributed by atoms with Gasteiger partial charge in [0.15, 0.2) is 0 Å². The lowest BCUT2D eigenvalue weighted by Crippen LogP contribution is -1.90. The molecule has 0 amide bonds. The van der Waals surface area contributed by atoms with Crippen molar-refractivity contribution in [3.63, 3.8) is 0 Å². The van der Waals surface area contributed by atoms with Gasteiger partial charge in [0, 0.05) is 0 Å². The predicted octanol–water partition coefficient (Wildman–Crippen LogP) is 2.18. The summed E-state index contributed by atoms with van der Waals surface area (Å²) >= 11 is 2.71. The van der Waals surface area contributed by atoms with Gasteiger partial charge in [-0.15, -0.1) is 0 Å². The van der Waals surface area contributed by atoms with Crippen LogP contribution in [0.2, 0.25) is 0 Å². The molecule has 1 aromatic rings. The molecule has 10 heavy (non-hydrogen) atoms. The van der Waals surface area contributed by atoms with Crippen molar-refractivity contribution in [2.45, 2.75) is 6.40 Å². The molecule has 0 aliphatic rings. The van der Waals surface area contributed by atoms with Gasteiger partial charge in [0.25, 0.3) is 6.40 Å². The SMILES string of the molecule is [2H]c1nc([2H])c(C([2H])(F)F)nc1Br. The Bertz CT molecular complexity index is 341. The number of halogens is 3. The third-order valence-electron chi connectivity index (χ3n) is 0.699. The minimum Gasteiger partial charge on any atom is -0.260 e. The lowest BCUT2D eigenvalue weighted by Gasteiger charge is -1.95. The highest BCUT2D eigenvalue weighted by molar-refractivity contribution is 9.10. The minimum atomic E-state index is -3.96. The van der Waals surface area contributed by atoms with Crippen LogP contribution in [0.3, 0.4) is 0 Å². The van der Waals surface area contributed by atoms with Crippen molar-refractivity contribution in [1.29, 1.82) is 0 Å². The van der Waals surface area contributed by atoms with Gasteiger partial charge in [0.1, 0.15) is 11.7 Å². The van der Waals surface area contributed by atoms with Gasteiger partial charge in [-0.05, 0) is 15.9 Å². The van der Waals surface area contributed by atoms with E-state index in [-0.39, 0.29) is 4.60 Å². The van der Waals surface area contributed by atoms with E-state index in [0.717, 1.165) is 0 Å². The second kappa shape index (κ2) is 3.01. The summed E-state index contributed by atoms with van der Waals surface area (Å²) in [6, 6.07) is 0. The molecule has 0 bridgehead atoms. The van der Waals surface area contributed by atoms with Gasteiger partial charge in [0.05, 0.1) is 15.1 Å². The Morgan fingerprint density at radius 3 is 3.00 bits per heavy atom. The molecule has 0 saturated carbocycles. The van der Waals surface area contributed by atoms with Crippen LogP contribution < -0.4 is 0 Å². The second-order valence-corrected chi connectivity index (χ2v) is 2.10. The summed E-state index contributed by atoms with van der Waals surface area (Å²) in [4.78, 5) is 6.35. The summed E-state index contributed by atoms with van der Waals surface area (Å²) in [7, 11) is 0. The largest absolute Gasteiger partial charge is 0.281 e. The molecule has 0 atom stereocenters. The maximum absolute atomic E-state index is 12.4. The number of hydrogen-bond acceptors (Lipinski definition) is 2. The van der Waals surface area contributed by atoms with Gasteiger partial charge in [0.2, 0.25) is 0 Å². The van der Waals surface area contributed by atoms with E-state index >= 15 is 0 Å². The fourth-order valence-corrected chi connectivity index (χ4v) is 0.626. The Morgan fingerprint density at radius 2 is 2.40 bits per heavy atom. The van der Waals surface area contributed by atoms with Crippen molar-refractivity contribution in [3.05, 3.63) is 22.6 Å². The molecule has 0 aliphatic carbocycles. The second-order valence-electron chi connectivity index (χ2n) is 1.35. The fraction of sp³-hybridized carbons (Fsp3) is 0.200. The average Bonchev–Trinajstić information content (AvgIpc) is 1.94. The summed E-state index contributed by atoms with van der Waals surface area (Å²) in [5.74, 6) is 0. The molecule has 1 heterocycles. The molecule has 0 aliphatic heterocycles. The van der Waals surface area contributed by atoms with Crippen LogP contribution in [-0.4, -0.2) is 9.97 Å². The monoisotopic (exact) mass is 211 g/mol. The first-order valence-corrected chi connectivity index (χ1v) is 3.00. The van der Waals surface area contributed by atoms with Crippen molar-refractivity contribution >= 4 is 15.9 Å². The molecule has 0 spiro atoms. The van der Waals surface area contributed by atoms with E-state index in [0.29, 0.717) is 0 Å². The zero-order chi connectivity index (χ0) is 10.2. The molecular formula is C5H3BrF2N2. The van der Waals surface area contributed by atoms with Crippen LogP contribution in [0.25, 0.3) is 0 Å². The summed E-state index contributed by atoms with van der Waals surface area (Å²) < 4.78 is 44.9. The van der Waals surface area contributed by atoms with Gasteiger partial charge < -0.3 is 0 Å². The number of nitrogens with zero attached hydrogens (tertiary/aromatic N) is 2. The molecule has 0 saturated heterocycles. The molecule has 0 fully saturated rings. The number of rotatable bonds is 1. The van der Waals surface area contributed by atoms with E-state index < -0.39 is 24.4 Å². The number of hydrogen-bond donors (Lipinski definition) is 0. The third kappa shape index (κ3) is 1.70. The van der Waals surface area contributed by atoms with Crippen LogP contribution in [0, 0.1) is 0 Å². The molecule has 0 N–H and O–H groups in total. The van der Waals surface area contributed by atoms with E-state index in [1.54, 1.807) is 0 Å². The van der Waals surface area contributed by atoms with E-state index in [2.05, 4.69) is 25.9 Å². The lowest BCUT2D eigenvalue weighted by molar-refractivity contribution is 0.145. The molecular weight excluding hydrogens is 206 g/mol. The van der Waals surface area contributed by atoms with Crippen LogP contribution in [0.15, 0.2) is 16.9 Å².